The van der Waals surface area contributed by atoms with Crippen LogP contribution in [0.15, 0.2) is 23.8 Å². The maximum atomic E-state index is 4.19. The molecule has 2 rings (SSSR count). The molecule has 0 N–H and O–H groups in total. The Balaban J connectivity index is 2.24. The molecule has 84 valence electrons. The Hall–Kier alpha value is -0.520. The van der Waals surface area contributed by atoms with E-state index in [-0.39, 0.29) is 0 Å². The Morgan fingerprint density at radius 2 is 2.07 bits per heavy atom. The van der Waals surface area contributed by atoms with Crippen LogP contribution in [-0.4, -0.2) is 0 Å². The number of rotatable bonds is 1. The monoisotopic (exact) mass is 204 g/mol. The van der Waals surface area contributed by atoms with Gasteiger partial charge in [0.15, 0.2) is 0 Å². The molecule has 0 radical (unpaired) electrons. The minimum Gasteiger partial charge on any atom is -0.0998 e. The zero-order chi connectivity index (χ0) is 11.0. The van der Waals surface area contributed by atoms with Crippen LogP contribution >= 0.6 is 0 Å². The third-order valence-electron chi connectivity index (χ3n) is 4.60. The smallest absolute Gasteiger partial charge is 0.0134 e. The lowest BCUT2D eigenvalue weighted by atomic mass is 9.61. The van der Waals surface area contributed by atoms with Crippen molar-refractivity contribution in [1.82, 2.24) is 0 Å². The van der Waals surface area contributed by atoms with Crippen molar-refractivity contribution in [2.45, 2.75) is 46.5 Å². The summed E-state index contributed by atoms with van der Waals surface area (Å²) in [5.74, 6) is 3.43. The fourth-order valence-electron chi connectivity index (χ4n) is 3.62. The third-order valence-corrected chi connectivity index (χ3v) is 4.60. The van der Waals surface area contributed by atoms with Crippen molar-refractivity contribution in [2.24, 2.45) is 23.7 Å². The Labute approximate surface area is 94.5 Å². The van der Waals surface area contributed by atoms with Crippen LogP contribution < -0.4 is 0 Å². The molecule has 2 unspecified atom stereocenters. The molecule has 0 aromatic carbocycles. The highest BCUT2D eigenvalue weighted by Gasteiger charge is 2.37. The Kier molecular flexibility index (Phi) is 3.04. The van der Waals surface area contributed by atoms with Crippen molar-refractivity contribution in [1.29, 1.82) is 0 Å². The molecule has 0 amide bonds. The molecule has 0 aromatic rings. The first-order valence-electron chi connectivity index (χ1n) is 6.42. The van der Waals surface area contributed by atoms with Gasteiger partial charge in [0.25, 0.3) is 0 Å². The third kappa shape index (κ3) is 2.04. The number of fused-ring (bicyclic) bond motifs is 1. The maximum absolute atomic E-state index is 4.19. The van der Waals surface area contributed by atoms with Gasteiger partial charge in [0.05, 0.1) is 0 Å². The Morgan fingerprint density at radius 1 is 1.33 bits per heavy atom. The van der Waals surface area contributed by atoms with Crippen molar-refractivity contribution in [2.75, 3.05) is 0 Å². The first kappa shape index (κ1) is 11.0. The lowest BCUT2D eigenvalue weighted by molar-refractivity contribution is 0.135. The summed E-state index contributed by atoms with van der Waals surface area (Å²) in [6, 6.07) is 0. The molecule has 0 heteroatoms. The molecule has 0 aliphatic heterocycles. The largest absolute Gasteiger partial charge is 0.0998 e. The van der Waals surface area contributed by atoms with Crippen LogP contribution in [0.4, 0.5) is 0 Å². The molecular weight excluding hydrogens is 180 g/mol. The lowest BCUT2D eigenvalue weighted by Gasteiger charge is -2.44. The van der Waals surface area contributed by atoms with E-state index in [9.17, 15) is 0 Å². The fourth-order valence-corrected chi connectivity index (χ4v) is 3.62. The molecule has 1 saturated carbocycles. The van der Waals surface area contributed by atoms with Gasteiger partial charge in [0, 0.05) is 0 Å². The molecule has 0 aromatic heterocycles. The Morgan fingerprint density at radius 3 is 2.73 bits per heavy atom. The quantitative estimate of drug-likeness (QED) is 0.548. The fraction of sp³-hybridized carbons (Fsp3) is 0.733. The van der Waals surface area contributed by atoms with E-state index in [1.54, 1.807) is 5.57 Å². The molecule has 0 nitrogen and oxygen atoms in total. The summed E-state index contributed by atoms with van der Waals surface area (Å²) in [6.07, 6.45) is 8.07. The summed E-state index contributed by atoms with van der Waals surface area (Å²) in [6.45, 7) is 11.2. The minimum atomic E-state index is 0.765. The highest BCUT2D eigenvalue weighted by molar-refractivity contribution is 5.15. The summed E-state index contributed by atoms with van der Waals surface area (Å²) < 4.78 is 0. The van der Waals surface area contributed by atoms with Gasteiger partial charge in [-0.1, -0.05) is 30.7 Å². The van der Waals surface area contributed by atoms with Crippen molar-refractivity contribution < 1.29 is 0 Å². The van der Waals surface area contributed by atoms with Crippen molar-refractivity contribution >= 4 is 0 Å². The summed E-state index contributed by atoms with van der Waals surface area (Å²) >= 11 is 0. The maximum Gasteiger partial charge on any atom is -0.0134 e. The van der Waals surface area contributed by atoms with Crippen LogP contribution in [0.5, 0.6) is 0 Å². The highest BCUT2D eigenvalue weighted by atomic mass is 14.4. The molecule has 0 heterocycles. The summed E-state index contributed by atoms with van der Waals surface area (Å²) in [5.41, 5.74) is 3.01. The van der Waals surface area contributed by atoms with E-state index < -0.39 is 0 Å². The number of hydrogen-bond acceptors (Lipinski definition) is 0. The molecule has 1 fully saturated rings. The molecule has 0 bridgehead atoms. The zero-order valence-corrected chi connectivity index (χ0v) is 10.4. The van der Waals surface area contributed by atoms with Crippen LogP contribution in [-0.2, 0) is 0 Å². The molecule has 0 spiro atoms. The summed E-state index contributed by atoms with van der Waals surface area (Å²) in [7, 11) is 0. The van der Waals surface area contributed by atoms with E-state index in [0.717, 1.165) is 23.7 Å². The second-order valence-corrected chi connectivity index (χ2v) is 5.80. The molecule has 2 aliphatic carbocycles. The predicted octanol–water partition coefficient (Wildman–Crippen LogP) is 4.58. The molecular formula is C15H24. The Bertz CT molecular complexity index is 284. The molecule has 0 saturated heterocycles. The van der Waals surface area contributed by atoms with E-state index in [0.29, 0.717) is 0 Å². The normalized spacial score (nSPS) is 40.6. The van der Waals surface area contributed by atoms with Crippen molar-refractivity contribution in [3.63, 3.8) is 0 Å². The van der Waals surface area contributed by atoms with Gasteiger partial charge in [-0.05, 0) is 63.2 Å². The van der Waals surface area contributed by atoms with Gasteiger partial charge in [0.2, 0.25) is 0 Å². The van der Waals surface area contributed by atoms with E-state index in [2.05, 4.69) is 33.4 Å². The van der Waals surface area contributed by atoms with Gasteiger partial charge >= 0.3 is 0 Å². The minimum absolute atomic E-state index is 0.765. The van der Waals surface area contributed by atoms with Crippen molar-refractivity contribution in [3.8, 4) is 0 Å². The van der Waals surface area contributed by atoms with Crippen LogP contribution in [0.1, 0.15) is 46.5 Å². The van der Waals surface area contributed by atoms with Crippen molar-refractivity contribution in [3.05, 3.63) is 23.8 Å². The predicted molar refractivity (Wildman–Crippen MR) is 66.7 cm³/mol. The topological polar surface area (TPSA) is 0 Å². The molecule has 4 atom stereocenters. The first-order chi connectivity index (χ1) is 7.09. The summed E-state index contributed by atoms with van der Waals surface area (Å²) in [4.78, 5) is 0. The number of allylic oxidation sites excluding steroid dienone is 3. The van der Waals surface area contributed by atoms with E-state index in [4.69, 9.17) is 0 Å². The van der Waals surface area contributed by atoms with Crippen LogP contribution in [0.25, 0.3) is 0 Å². The van der Waals surface area contributed by atoms with E-state index in [1.165, 1.54) is 31.3 Å². The second kappa shape index (κ2) is 4.15. The standard InChI is InChI=1S/C15H24/c1-10(2)13-8-6-12(4)14-7-5-11(3)9-15(13)14/h9,12-15H,1,5-8H2,2-4H3/t12?,13?,14-,15+/m0/s1. The van der Waals surface area contributed by atoms with Gasteiger partial charge in [-0.3, -0.25) is 0 Å². The first-order valence-corrected chi connectivity index (χ1v) is 6.42. The number of hydrogen-bond donors (Lipinski definition) is 0. The highest BCUT2D eigenvalue weighted by Crippen LogP contribution is 2.47. The van der Waals surface area contributed by atoms with Gasteiger partial charge < -0.3 is 0 Å². The zero-order valence-electron chi connectivity index (χ0n) is 10.4. The van der Waals surface area contributed by atoms with Crippen LogP contribution in [0.2, 0.25) is 0 Å². The van der Waals surface area contributed by atoms with Gasteiger partial charge in [0.1, 0.15) is 0 Å². The molecule has 2 aliphatic rings. The molecule has 15 heavy (non-hydrogen) atoms. The van der Waals surface area contributed by atoms with Crippen LogP contribution in [0.3, 0.4) is 0 Å². The second-order valence-electron chi connectivity index (χ2n) is 5.80. The van der Waals surface area contributed by atoms with E-state index >= 15 is 0 Å². The SMILES string of the molecule is C=C(C)C1CCC(C)[C@@H]2CCC(C)=C[C@H]12. The lowest BCUT2D eigenvalue weighted by Crippen LogP contribution is -2.34. The van der Waals surface area contributed by atoms with Gasteiger partial charge in [-0.2, -0.15) is 0 Å². The summed E-state index contributed by atoms with van der Waals surface area (Å²) in [5, 5.41) is 0. The van der Waals surface area contributed by atoms with E-state index in [1.807, 2.05) is 0 Å². The van der Waals surface area contributed by atoms with Crippen LogP contribution in [0, 0.1) is 23.7 Å². The van der Waals surface area contributed by atoms with Gasteiger partial charge in [-0.15, -0.1) is 0 Å². The average molecular weight is 204 g/mol. The van der Waals surface area contributed by atoms with Gasteiger partial charge in [-0.25, -0.2) is 0 Å². The average Bonchev–Trinajstić information content (AvgIpc) is 2.17.